The highest BCUT2D eigenvalue weighted by atomic mass is 35.5. The number of amides is 1. The molecule has 0 fully saturated rings. The molecular weight excluding hydrogens is 355 g/mol. The first kappa shape index (κ1) is 18.3. The van der Waals surface area contributed by atoms with Crippen LogP contribution in [0.3, 0.4) is 0 Å². The van der Waals surface area contributed by atoms with Crippen molar-refractivity contribution in [3.63, 3.8) is 0 Å². The summed E-state index contributed by atoms with van der Waals surface area (Å²) in [6, 6.07) is 3.02. The third-order valence-corrected chi connectivity index (χ3v) is 3.89. The first-order valence-electron chi connectivity index (χ1n) is 6.11. The first-order valence-corrected chi connectivity index (χ1v) is 7.65. The number of hydrogen-bond donors (Lipinski definition) is 1. The summed E-state index contributed by atoms with van der Waals surface area (Å²) in [5.74, 6) is 0.326. The van der Waals surface area contributed by atoms with Crippen molar-refractivity contribution in [2.24, 2.45) is 5.73 Å². The van der Waals surface area contributed by atoms with Gasteiger partial charge < -0.3 is 15.4 Å². The van der Waals surface area contributed by atoms with Gasteiger partial charge in [0.2, 0.25) is 5.91 Å². The lowest BCUT2D eigenvalue weighted by molar-refractivity contribution is -0.130. The number of carbonyl (C=O) groups is 1. The molecule has 2 N–H and O–H groups in total. The fourth-order valence-electron chi connectivity index (χ4n) is 1.46. The molecule has 0 saturated heterocycles. The Labute approximate surface area is 144 Å². The highest BCUT2D eigenvalue weighted by molar-refractivity contribution is 7.80. The summed E-state index contributed by atoms with van der Waals surface area (Å²) >= 11 is 22.4. The fourth-order valence-corrected chi connectivity index (χ4v) is 2.14. The Morgan fingerprint density at radius 1 is 1.24 bits per heavy atom. The number of thiocarbonyl (C=S) groups is 1. The molecule has 0 aliphatic rings. The van der Waals surface area contributed by atoms with Crippen LogP contribution in [0.2, 0.25) is 15.1 Å². The second-order valence-corrected chi connectivity index (χ2v) is 6.07. The summed E-state index contributed by atoms with van der Waals surface area (Å²) in [4.78, 5) is 13.8. The van der Waals surface area contributed by atoms with E-state index in [1.165, 1.54) is 12.1 Å². The van der Waals surface area contributed by atoms with Gasteiger partial charge in [-0.15, -0.1) is 0 Å². The topological polar surface area (TPSA) is 55.6 Å². The van der Waals surface area contributed by atoms with Crippen LogP contribution in [-0.2, 0) is 4.79 Å². The number of nitrogens with zero attached hydrogens (tertiary/aromatic N) is 1. The molecule has 8 heteroatoms. The zero-order valence-electron chi connectivity index (χ0n) is 11.4. The Kier molecular flexibility index (Phi) is 7.52. The van der Waals surface area contributed by atoms with Gasteiger partial charge in [0.1, 0.15) is 5.75 Å². The largest absolute Gasteiger partial charge is 0.491 e. The molecule has 0 aliphatic carbocycles. The maximum Gasteiger partial charge on any atom is 0.225 e. The van der Waals surface area contributed by atoms with Gasteiger partial charge in [-0.3, -0.25) is 4.79 Å². The van der Waals surface area contributed by atoms with E-state index in [0.29, 0.717) is 38.8 Å². The molecule has 0 bridgehead atoms. The molecule has 0 radical (unpaired) electrons. The molecule has 0 spiro atoms. The summed E-state index contributed by atoms with van der Waals surface area (Å²) in [5.41, 5.74) is 5.39. The lowest BCUT2D eigenvalue weighted by atomic mass is 10.3. The molecule has 0 heterocycles. The number of nitrogens with two attached hydrogens (primary N) is 1. The van der Waals surface area contributed by atoms with Crippen molar-refractivity contribution in [2.75, 3.05) is 20.2 Å². The van der Waals surface area contributed by atoms with Crippen LogP contribution in [0, 0.1) is 0 Å². The van der Waals surface area contributed by atoms with E-state index >= 15 is 0 Å². The number of halogens is 3. The highest BCUT2D eigenvalue weighted by Crippen LogP contribution is 2.33. The third kappa shape index (κ3) is 6.26. The van der Waals surface area contributed by atoms with E-state index < -0.39 is 0 Å². The Hall–Kier alpha value is -0.750. The Balaban J connectivity index is 2.44. The molecule has 116 valence electrons. The molecule has 1 amide bonds. The van der Waals surface area contributed by atoms with E-state index in [9.17, 15) is 4.79 Å². The summed E-state index contributed by atoms with van der Waals surface area (Å²) in [7, 11) is 1.69. The molecule has 0 aliphatic heterocycles. The molecule has 4 nitrogen and oxygen atoms in total. The Morgan fingerprint density at radius 3 is 2.48 bits per heavy atom. The van der Waals surface area contributed by atoms with E-state index in [-0.39, 0.29) is 18.9 Å². The molecule has 0 atom stereocenters. The minimum Gasteiger partial charge on any atom is -0.491 e. The van der Waals surface area contributed by atoms with E-state index in [4.69, 9.17) is 57.5 Å². The van der Waals surface area contributed by atoms with Crippen molar-refractivity contribution >= 4 is 57.9 Å². The molecular formula is C13H15Cl3N2O2S. The second-order valence-electron chi connectivity index (χ2n) is 4.33. The average Bonchev–Trinajstić information content (AvgIpc) is 2.41. The summed E-state index contributed by atoms with van der Waals surface area (Å²) < 4.78 is 5.45. The summed E-state index contributed by atoms with van der Waals surface area (Å²) in [6.45, 7) is 0.676. The van der Waals surface area contributed by atoms with E-state index in [0.717, 1.165) is 0 Å². The van der Waals surface area contributed by atoms with Gasteiger partial charge in [-0.25, -0.2) is 0 Å². The Bertz CT molecular complexity index is 540. The minimum absolute atomic E-state index is 0.0672. The number of rotatable bonds is 7. The summed E-state index contributed by atoms with van der Waals surface area (Å²) in [6.07, 6.45) is 0.710. The van der Waals surface area contributed by atoms with Crippen molar-refractivity contribution in [2.45, 2.75) is 12.8 Å². The molecule has 1 rings (SSSR count). The van der Waals surface area contributed by atoms with Crippen LogP contribution in [0.4, 0.5) is 0 Å². The van der Waals surface area contributed by atoms with Gasteiger partial charge in [-0.2, -0.15) is 0 Å². The maximum atomic E-state index is 11.8. The van der Waals surface area contributed by atoms with Gasteiger partial charge in [0.25, 0.3) is 0 Å². The molecule has 1 aromatic rings. The van der Waals surface area contributed by atoms with Gasteiger partial charge in [0.05, 0.1) is 33.1 Å². The monoisotopic (exact) mass is 368 g/mol. The molecule has 0 aromatic heterocycles. The van der Waals surface area contributed by atoms with Crippen molar-refractivity contribution in [3.8, 4) is 5.75 Å². The highest BCUT2D eigenvalue weighted by Gasteiger charge is 2.11. The number of carbonyl (C=O) groups excluding carboxylic acids is 1. The van der Waals surface area contributed by atoms with Gasteiger partial charge in [-0.1, -0.05) is 47.0 Å². The number of ether oxygens (including phenoxy) is 1. The smallest absolute Gasteiger partial charge is 0.225 e. The standard InChI is InChI=1S/C13H15Cl3N2O2S/c1-18(4-2-12(17)21)13(19)3-5-20-11-7-9(15)8(14)6-10(11)16/h6-7H,2-5H2,1H3,(H2,17,21). The van der Waals surface area contributed by atoms with E-state index in [1.54, 1.807) is 11.9 Å². The van der Waals surface area contributed by atoms with Crippen LogP contribution in [0.1, 0.15) is 12.8 Å². The third-order valence-electron chi connectivity index (χ3n) is 2.67. The van der Waals surface area contributed by atoms with Crippen molar-refractivity contribution in [1.82, 2.24) is 4.90 Å². The first-order chi connectivity index (χ1) is 9.81. The molecule has 0 saturated carbocycles. The second kappa shape index (κ2) is 8.63. The van der Waals surface area contributed by atoms with Crippen LogP contribution in [0.5, 0.6) is 5.75 Å². The molecule has 0 unspecified atom stereocenters. The van der Waals surface area contributed by atoms with Crippen LogP contribution in [-0.4, -0.2) is 36.0 Å². The molecule has 21 heavy (non-hydrogen) atoms. The van der Waals surface area contributed by atoms with Crippen molar-refractivity contribution in [1.29, 1.82) is 0 Å². The van der Waals surface area contributed by atoms with Crippen LogP contribution < -0.4 is 10.5 Å². The van der Waals surface area contributed by atoms with Crippen molar-refractivity contribution in [3.05, 3.63) is 27.2 Å². The average molecular weight is 370 g/mol. The van der Waals surface area contributed by atoms with Crippen LogP contribution in [0.15, 0.2) is 12.1 Å². The van der Waals surface area contributed by atoms with E-state index in [2.05, 4.69) is 0 Å². The summed E-state index contributed by atoms with van der Waals surface area (Å²) in [5, 5.41) is 1.04. The zero-order valence-corrected chi connectivity index (χ0v) is 14.5. The Morgan fingerprint density at radius 2 is 1.86 bits per heavy atom. The maximum absolute atomic E-state index is 11.8. The zero-order chi connectivity index (χ0) is 16.0. The predicted octanol–water partition coefficient (Wildman–Crippen LogP) is 3.55. The lowest BCUT2D eigenvalue weighted by Gasteiger charge is -2.17. The minimum atomic E-state index is -0.0672. The van der Waals surface area contributed by atoms with Crippen molar-refractivity contribution < 1.29 is 9.53 Å². The van der Waals surface area contributed by atoms with Gasteiger partial charge in [0, 0.05) is 26.1 Å². The van der Waals surface area contributed by atoms with Gasteiger partial charge in [-0.05, 0) is 6.07 Å². The van der Waals surface area contributed by atoms with Gasteiger partial charge >= 0.3 is 0 Å². The number of hydrogen-bond acceptors (Lipinski definition) is 3. The molecule has 1 aromatic carbocycles. The SMILES string of the molecule is CN(CCC(N)=S)C(=O)CCOc1cc(Cl)c(Cl)cc1Cl. The number of benzene rings is 1. The lowest BCUT2D eigenvalue weighted by Crippen LogP contribution is -2.30. The van der Waals surface area contributed by atoms with Gasteiger partial charge in [0.15, 0.2) is 0 Å². The normalized spacial score (nSPS) is 10.3. The predicted molar refractivity (Wildman–Crippen MR) is 90.6 cm³/mol. The fraction of sp³-hybridized carbons (Fsp3) is 0.385. The van der Waals surface area contributed by atoms with Crippen LogP contribution >= 0.6 is 47.0 Å². The van der Waals surface area contributed by atoms with Crippen LogP contribution in [0.25, 0.3) is 0 Å². The van der Waals surface area contributed by atoms with E-state index in [1.807, 2.05) is 0 Å². The quantitative estimate of drug-likeness (QED) is 0.590.